The number of ether oxygens (including phenoxy) is 1. The highest BCUT2D eigenvalue weighted by Gasteiger charge is 2.26. The zero-order valence-corrected chi connectivity index (χ0v) is 10.8. The average Bonchev–Trinajstić information content (AvgIpc) is 3.07. The second kappa shape index (κ2) is 5.01. The van der Waals surface area contributed by atoms with Crippen LogP contribution < -0.4 is 5.32 Å². The standard InChI is InChI=1S/C14H16N2O3/c1-9(15-13(17)12-7-4-8-18-12)14-16-10-5-2-3-6-11(10)19-14/h2-3,5-6,9,12H,4,7-8H2,1H3,(H,15,17). The highest BCUT2D eigenvalue weighted by molar-refractivity contribution is 5.81. The number of nitrogens with one attached hydrogen (secondary N) is 1. The molecule has 2 heterocycles. The first-order chi connectivity index (χ1) is 9.24. The number of fused-ring (bicyclic) bond motifs is 1. The van der Waals surface area contributed by atoms with E-state index in [2.05, 4.69) is 10.3 Å². The van der Waals surface area contributed by atoms with Crippen LogP contribution in [0.4, 0.5) is 0 Å². The lowest BCUT2D eigenvalue weighted by molar-refractivity contribution is -0.130. The molecular formula is C14H16N2O3. The number of carbonyl (C=O) groups is 1. The van der Waals surface area contributed by atoms with Crippen LogP contribution in [0.5, 0.6) is 0 Å². The Bertz CT molecular complexity index is 554. The minimum atomic E-state index is -0.327. The van der Waals surface area contributed by atoms with E-state index in [-0.39, 0.29) is 18.1 Å². The predicted molar refractivity (Wildman–Crippen MR) is 69.5 cm³/mol. The summed E-state index contributed by atoms with van der Waals surface area (Å²) in [7, 11) is 0. The van der Waals surface area contributed by atoms with Crippen LogP contribution in [0.2, 0.25) is 0 Å². The van der Waals surface area contributed by atoms with Crippen molar-refractivity contribution in [3.8, 4) is 0 Å². The van der Waals surface area contributed by atoms with Gasteiger partial charge in [-0.25, -0.2) is 4.98 Å². The van der Waals surface area contributed by atoms with Gasteiger partial charge in [0.25, 0.3) is 0 Å². The van der Waals surface area contributed by atoms with Crippen molar-refractivity contribution in [3.63, 3.8) is 0 Å². The van der Waals surface area contributed by atoms with E-state index in [9.17, 15) is 4.79 Å². The van der Waals surface area contributed by atoms with Gasteiger partial charge in [-0.05, 0) is 31.9 Å². The van der Waals surface area contributed by atoms with Gasteiger partial charge in [0.2, 0.25) is 11.8 Å². The molecule has 100 valence electrons. The number of rotatable bonds is 3. The maximum atomic E-state index is 11.9. The Kier molecular flexibility index (Phi) is 3.21. The fourth-order valence-electron chi connectivity index (χ4n) is 2.23. The number of carbonyl (C=O) groups excluding carboxylic acids is 1. The Morgan fingerprint density at radius 1 is 1.47 bits per heavy atom. The molecule has 1 aliphatic heterocycles. The van der Waals surface area contributed by atoms with Crippen molar-refractivity contribution in [2.45, 2.75) is 31.9 Å². The number of oxazole rings is 1. The molecule has 1 N–H and O–H groups in total. The fourth-order valence-corrected chi connectivity index (χ4v) is 2.23. The van der Waals surface area contributed by atoms with Crippen LogP contribution in [0.15, 0.2) is 28.7 Å². The Balaban J connectivity index is 1.72. The summed E-state index contributed by atoms with van der Waals surface area (Å²) < 4.78 is 11.0. The minimum absolute atomic E-state index is 0.0905. The van der Waals surface area contributed by atoms with Crippen LogP contribution in [0.1, 0.15) is 31.7 Å². The third-order valence-electron chi connectivity index (χ3n) is 3.26. The molecule has 0 spiro atoms. The molecule has 3 rings (SSSR count). The van der Waals surface area contributed by atoms with E-state index >= 15 is 0 Å². The first-order valence-corrected chi connectivity index (χ1v) is 6.51. The monoisotopic (exact) mass is 260 g/mol. The Morgan fingerprint density at radius 2 is 2.32 bits per heavy atom. The summed E-state index contributed by atoms with van der Waals surface area (Å²) in [5.41, 5.74) is 1.53. The largest absolute Gasteiger partial charge is 0.438 e. The molecule has 5 nitrogen and oxygen atoms in total. The van der Waals surface area contributed by atoms with Gasteiger partial charge < -0.3 is 14.5 Å². The summed E-state index contributed by atoms with van der Waals surface area (Å²) in [6.07, 6.45) is 1.40. The zero-order chi connectivity index (χ0) is 13.2. The molecule has 0 bridgehead atoms. The van der Waals surface area contributed by atoms with Crippen LogP contribution >= 0.6 is 0 Å². The summed E-state index contributed by atoms with van der Waals surface area (Å²) in [6, 6.07) is 7.29. The van der Waals surface area contributed by atoms with Gasteiger partial charge in [0, 0.05) is 6.61 Å². The van der Waals surface area contributed by atoms with E-state index < -0.39 is 0 Å². The first-order valence-electron chi connectivity index (χ1n) is 6.51. The molecule has 1 aromatic carbocycles. The maximum Gasteiger partial charge on any atom is 0.249 e. The third-order valence-corrected chi connectivity index (χ3v) is 3.26. The topological polar surface area (TPSA) is 64.4 Å². The van der Waals surface area contributed by atoms with Crippen LogP contribution in [-0.2, 0) is 9.53 Å². The van der Waals surface area contributed by atoms with Crippen molar-refractivity contribution < 1.29 is 13.9 Å². The molecule has 19 heavy (non-hydrogen) atoms. The fraction of sp³-hybridized carbons (Fsp3) is 0.429. The Hall–Kier alpha value is -1.88. The van der Waals surface area contributed by atoms with Gasteiger partial charge in [-0.3, -0.25) is 4.79 Å². The van der Waals surface area contributed by atoms with Crippen LogP contribution in [0, 0.1) is 0 Å². The summed E-state index contributed by atoms with van der Waals surface area (Å²) >= 11 is 0. The molecule has 2 unspecified atom stereocenters. The van der Waals surface area contributed by atoms with Gasteiger partial charge in [0.15, 0.2) is 5.58 Å². The lowest BCUT2D eigenvalue weighted by atomic mass is 10.2. The Labute approximate surface area is 111 Å². The van der Waals surface area contributed by atoms with Crippen LogP contribution in [0.25, 0.3) is 11.1 Å². The van der Waals surface area contributed by atoms with Gasteiger partial charge in [-0.1, -0.05) is 12.1 Å². The molecule has 0 radical (unpaired) electrons. The van der Waals surface area contributed by atoms with E-state index in [4.69, 9.17) is 9.15 Å². The van der Waals surface area contributed by atoms with Gasteiger partial charge in [0.05, 0.1) is 0 Å². The summed E-state index contributed by atoms with van der Waals surface area (Å²) in [5, 5.41) is 2.88. The number of para-hydroxylation sites is 2. The second-order valence-electron chi connectivity index (χ2n) is 4.75. The molecule has 1 fully saturated rings. The van der Waals surface area contributed by atoms with Gasteiger partial charge in [-0.2, -0.15) is 0 Å². The number of amides is 1. The van der Waals surface area contributed by atoms with E-state index in [0.29, 0.717) is 12.5 Å². The molecule has 1 saturated heterocycles. The lowest BCUT2D eigenvalue weighted by Crippen LogP contribution is -2.35. The number of benzene rings is 1. The van der Waals surface area contributed by atoms with Gasteiger partial charge in [-0.15, -0.1) is 0 Å². The van der Waals surface area contributed by atoms with E-state index in [0.717, 1.165) is 23.9 Å². The molecule has 1 aliphatic rings. The normalized spacial score (nSPS) is 20.6. The van der Waals surface area contributed by atoms with Crippen molar-refractivity contribution in [1.29, 1.82) is 0 Å². The van der Waals surface area contributed by atoms with E-state index in [1.165, 1.54) is 0 Å². The molecule has 0 aliphatic carbocycles. The molecule has 2 atom stereocenters. The van der Waals surface area contributed by atoms with Gasteiger partial charge in [0.1, 0.15) is 17.7 Å². The van der Waals surface area contributed by atoms with Crippen LogP contribution in [0.3, 0.4) is 0 Å². The van der Waals surface area contributed by atoms with Crippen molar-refractivity contribution in [2.24, 2.45) is 0 Å². The molecule has 2 aromatic rings. The van der Waals surface area contributed by atoms with Crippen molar-refractivity contribution in [1.82, 2.24) is 10.3 Å². The summed E-state index contributed by atoms with van der Waals surface area (Å²) in [5.74, 6) is 0.430. The second-order valence-corrected chi connectivity index (χ2v) is 4.75. The lowest BCUT2D eigenvalue weighted by Gasteiger charge is -2.13. The smallest absolute Gasteiger partial charge is 0.249 e. The number of hydrogen-bond donors (Lipinski definition) is 1. The Morgan fingerprint density at radius 3 is 3.05 bits per heavy atom. The number of hydrogen-bond acceptors (Lipinski definition) is 4. The van der Waals surface area contributed by atoms with Crippen molar-refractivity contribution in [2.75, 3.05) is 6.61 Å². The number of nitrogens with zero attached hydrogens (tertiary/aromatic N) is 1. The van der Waals surface area contributed by atoms with Crippen LogP contribution in [-0.4, -0.2) is 23.6 Å². The quantitative estimate of drug-likeness (QED) is 0.918. The SMILES string of the molecule is CC(NC(=O)C1CCCO1)c1nc2ccccc2o1. The molecule has 1 amide bonds. The molecule has 5 heteroatoms. The molecule has 1 aromatic heterocycles. The summed E-state index contributed by atoms with van der Waals surface area (Å²) in [6.45, 7) is 2.52. The number of aromatic nitrogens is 1. The third kappa shape index (κ3) is 2.46. The average molecular weight is 260 g/mol. The zero-order valence-electron chi connectivity index (χ0n) is 10.8. The predicted octanol–water partition coefficient (Wildman–Crippen LogP) is 2.18. The van der Waals surface area contributed by atoms with Gasteiger partial charge >= 0.3 is 0 Å². The molecule has 0 saturated carbocycles. The minimum Gasteiger partial charge on any atom is -0.438 e. The highest BCUT2D eigenvalue weighted by atomic mass is 16.5. The first kappa shape index (κ1) is 12.2. The summed E-state index contributed by atoms with van der Waals surface area (Å²) in [4.78, 5) is 16.3. The van der Waals surface area contributed by atoms with Crippen molar-refractivity contribution in [3.05, 3.63) is 30.2 Å². The molecular weight excluding hydrogens is 244 g/mol. The highest BCUT2D eigenvalue weighted by Crippen LogP contribution is 2.20. The van der Waals surface area contributed by atoms with E-state index in [1.54, 1.807) is 0 Å². The van der Waals surface area contributed by atoms with E-state index in [1.807, 2.05) is 31.2 Å². The van der Waals surface area contributed by atoms with Crippen molar-refractivity contribution >= 4 is 17.0 Å². The maximum absolute atomic E-state index is 11.9.